The fourth-order valence-electron chi connectivity index (χ4n) is 4.19. The van der Waals surface area contributed by atoms with Gasteiger partial charge >= 0.3 is 0 Å². The number of carbonyl (C=O) groups is 2. The monoisotopic (exact) mass is 506 g/mol. The third kappa shape index (κ3) is 3.36. The van der Waals surface area contributed by atoms with Gasteiger partial charge in [-0.2, -0.15) is 0 Å². The summed E-state index contributed by atoms with van der Waals surface area (Å²) in [5.74, 6) is -1.87. The second-order valence-electron chi connectivity index (χ2n) is 7.41. The highest BCUT2D eigenvalue weighted by Gasteiger charge is 2.61. The van der Waals surface area contributed by atoms with Crippen LogP contribution >= 0.6 is 46.4 Å². The van der Waals surface area contributed by atoms with E-state index in [1.54, 1.807) is 41.5 Å². The molecule has 0 saturated carbocycles. The zero-order valence-corrected chi connectivity index (χ0v) is 19.2. The Morgan fingerprint density at radius 1 is 0.750 bits per heavy atom. The summed E-state index contributed by atoms with van der Waals surface area (Å²) >= 11 is 25.2. The molecule has 2 heterocycles. The maximum absolute atomic E-state index is 13.7. The molecule has 2 saturated heterocycles. The van der Waals surface area contributed by atoms with Crippen molar-refractivity contribution in [3.8, 4) is 0 Å². The summed E-state index contributed by atoms with van der Waals surface area (Å²) < 4.78 is 0. The van der Waals surface area contributed by atoms with Gasteiger partial charge in [0.25, 0.3) is 5.91 Å². The van der Waals surface area contributed by atoms with Crippen LogP contribution in [-0.4, -0.2) is 17.9 Å². The standard InChI is InChI=1S/C23H14Cl4N2O3/c24-12-9-10-14(17(27)11-12)19-18-21(32-29(19)13-5-2-1-3-6-13)23(31)28(22(18)30)20-15(25)7-4-8-16(20)26/h1-11,18-19,21H/t18-,19+,21-/m1/s1. The quantitative estimate of drug-likeness (QED) is 0.387. The predicted molar refractivity (Wildman–Crippen MR) is 125 cm³/mol. The van der Waals surface area contributed by atoms with Crippen molar-refractivity contribution < 1.29 is 14.4 Å². The van der Waals surface area contributed by atoms with Crippen molar-refractivity contribution >= 4 is 69.6 Å². The van der Waals surface area contributed by atoms with E-state index in [0.29, 0.717) is 21.3 Å². The van der Waals surface area contributed by atoms with E-state index in [2.05, 4.69) is 0 Å². The van der Waals surface area contributed by atoms with E-state index in [9.17, 15) is 9.59 Å². The highest BCUT2D eigenvalue weighted by molar-refractivity contribution is 6.42. The molecule has 5 nitrogen and oxygen atoms in total. The van der Waals surface area contributed by atoms with Gasteiger partial charge in [-0.25, -0.2) is 9.96 Å². The molecular formula is C23H14Cl4N2O3. The van der Waals surface area contributed by atoms with Crippen LogP contribution in [0.3, 0.4) is 0 Å². The molecule has 0 radical (unpaired) electrons. The maximum Gasteiger partial charge on any atom is 0.266 e. The Morgan fingerprint density at radius 3 is 2.09 bits per heavy atom. The summed E-state index contributed by atoms with van der Waals surface area (Å²) in [4.78, 5) is 34.1. The number of rotatable bonds is 3. The molecule has 0 N–H and O–H groups in total. The fraction of sp³-hybridized carbons (Fsp3) is 0.130. The molecule has 3 aromatic carbocycles. The number of anilines is 2. The lowest BCUT2D eigenvalue weighted by Gasteiger charge is -2.29. The molecule has 2 aliphatic rings. The first-order valence-electron chi connectivity index (χ1n) is 9.66. The van der Waals surface area contributed by atoms with Crippen molar-refractivity contribution in [2.45, 2.75) is 12.1 Å². The largest absolute Gasteiger partial charge is 0.273 e. The number of hydrogen-bond acceptors (Lipinski definition) is 4. The molecule has 0 bridgehead atoms. The molecule has 2 amide bonds. The minimum Gasteiger partial charge on any atom is -0.273 e. The predicted octanol–water partition coefficient (Wildman–Crippen LogP) is 6.35. The molecule has 0 aromatic heterocycles. The van der Waals surface area contributed by atoms with Crippen molar-refractivity contribution in [3.63, 3.8) is 0 Å². The lowest BCUT2D eigenvalue weighted by molar-refractivity contribution is -0.126. The van der Waals surface area contributed by atoms with Gasteiger partial charge in [0.2, 0.25) is 5.91 Å². The van der Waals surface area contributed by atoms with Gasteiger partial charge in [-0.1, -0.05) is 76.7 Å². The Kier molecular flexibility index (Phi) is 5.56. The van der Waals surface area contributed by atoms with Gasteiger partial charge in [0.15, 0.2) is 6.10 Å². The molecule has 0 unspecified atom stereocenters. The average molecular weight is 508 g/mol. The highest BCUT2D eigenvalue weighted by atomic mass is 35.5. The molecule has 3 atom stereocenters. The molecule has 2 aliphatic heterocycles. The summed E-state index contributed by atoms with van der Waals surface area (Å²) in [6.45, 7) is 0. The van der Waals surface area contributed by atoms with Gasteiger partial charge in [-0.05, 0) is 42.0 Å². The van der Waals surface area contributed by atoms with Gasteiger partial charge in [-0.3, -0.25) is 14.4 Å². The number of benzene rings is 3. The van der Waals surface area contributed by atoms with E-state index >= 15 is 0 Å². The Bertz CT molecular complexity index is 1220. The molecule has 32 heavy (non-hydrogen) atoms. The smallest absolute Gasteiger partial charge is 0.266 e. The first-order valence-corrected chi connectivity index (χ1v) is 11.2. The van der Waals surface area contributed by atoms with E-state index in [0.717, 1.165) is 4.90 Å². The first kappa shape index (κ1) is 21.6. The molecule has 3 aromatic rings. The van der Waals surface area contributed by atoms with Crippen LogP contribution in [-0.2, 0) is 14.4 Å². The van der Waals surface area contributed by atoms with Crippen LogP contribution in [0.15, 0.2) is 66.7 Å². The second kappa shape index (κ2) is 8.25. The van der Waals surface area contributed by atoms with Crippen molar-refractivity contribution in [1.82, 2.24) is 0 Å². The van der Waals surface area contributed by atoms with Crippen LogP contribution in [0, 0.1) is 5.92 Å². The van der Waals surface area contributed by atoms with Crippen LogP contribution in [0.1, 0.15) is 11.6 Å². The van der Waals surface area contributed by atoms with Crippen molar-refractivity contribution in [3.05, 3.63) is 92.4 Å². The van der Waals surface area contributed by atoms with Crippen molar-refractivity contribution in [2.75, 3.05) is 9.96 Å². The molecule has 2 fully saturated rings. The summed E-state index contributed by atoms with van der Waals surface area (Å²) in [5, 5.41) is 2.77. The van der Waals surface area contributed by atoms with Crippen LogP contribution in [0.5, 0.6) is 0 Å². The SMILES string of the molecule is O=C1[C@H]2[C@@H](ON(c3ccccc3)[C@H]2c2ccc(Cl)cc2Cl)C(=O)N1c1c(Cl)cccc1Cl. The minimum absolute atomic E-state index is 0.149. The minimum atomic E-state index is -1.06. The number of fused-ring (bicyclic) bond motifs is 1. The van der Waals surface area contributed by atoms with E-state index in [4.69, 9.17) is 51.2 Å². The van der Waals surface area contributed by atoms with Crippen LogP contribution in [0.2, 0.25) is 20.1 Å². The van der Waals surface area contributed by atoms with Crippen molar-refractivity contribution in [1.29, 1.82) is 0 Å². The topological polar surface area (TPSA) is 49.9 Å². The lowest BCUT2D eigenvalue weighted by atomic mass is 9.90. The number of hydroxylamine groups is 1. The van der Waals surface area contributed by atoms with Crippen LogP contribution in [0.25, 0.3) is 0 Å². The number of para-hydroxylation sites is 2. The van der Waals surface area contributed by atoms with E-state index in [1.165, 1.54) is 0 Å². The third-order valence-electron chi connectivity index (χ3n) is 5.57. The Hall–Kier alpha value is -2.28. The van der Waals surface area contributed by atoms with Gasteiger partial charge in [0.1, 0.15) is 5.92 Å². The fourth-order valence-corrected chi connectivity index (χ4v) is 5.28. The average Bonchev–Trinajstić information content (AvgIpc) is 3.26. The zero-order valence-electron chi connectivity index (χ0n) is 16.2. The zero-order chi connectivity index (χ0) is 22.6. The first-order chi connectivity index (χ1) is 15.4. The Labute approximate surface area is 203 Å². The third-order valence-corrected chi connectivity index (χ3v) is 6.74. The molecule has 5 rings (SSSR count). The molecule has 162 valence electrons. The molecule has 0 spiro atoms. The summed E-state index contributed by atoms with van der Waals surface area (Å²) in [7, 11) is 0. The van der Waals surface area contributed by atoms with E-state index < -0.39 is 29.9 Å². The Balaban J connectivity index is 1.64. The van der Waals surface area contributed by atoms with Crippen LogP contribution in [0.4, 0.5) is 11.4 Å². The molecular weight excluding hydrogens is 494 g/mol. The van der Waals surface area contributed by atoms with Crippen LogP contribution < -0.4 is 9.96 Å². The molecule has 0 aliphatic carbocycles. The van der Waals surface area contributed by atoms with E-state index in [-0.39, 0.29) is 15.7 Å². The van der Waals surface area contributed by atoms with Gasteiger partial charge in [0.05, 0.1) is 27.5 Å². The highest BCUT2D eigenvalue weighted by Crippen LogP contribution is 2.50. The summed E-state index contributed by atoms with van der Waals surface area (Å²) in [6.07, 6.45) is -1.06. The lowest BCUT2D eigenvalue weighted by Crippen LogP contribution is -2.37. The number of nitrogens with zero attached hydrogens (tertiary/aromatic N) is 2. The van der Waals surface area contributed by atoms with Crippen molar-refractivity contribution in [2.24, 2.45) is 5.92 Å². The van der Waals surface area contributed by atoms with Gasteiger partial charge in [-0.15, -0.1) is 0 Å². The molecule has 9 heteroatoms. The number of carbonyl (C=O) groups excluding carboxylic acids is 2. The second-order valence-corrected chi connectivity index (χ2v) is 9.06. The number of imide groups is 1. The van der Waals surface area contributed by atoms with Gasteiger partial charge in [0, 0.05) is 10.0 Å². The number of amides is 2. The number of hydrogen-bond donors (Lipinski definition) is 0. The maximum atomic E-state index is 13.7. The van der Waals surface area contributed by atoms with E-state index in [1.807, 2.05) is 30.3 Å². The normalized spacial score (nSPS) is 22.6. The summed E-state index contributed by atoms with van der Waals surface area (Å²) in [6, 6.07) is 18.3. The Morgan fingerprint density at radius 2 is 1.44 bits per heavy atom. The number of halogens is 4. The summed E-state index contributed by atoms with van der Waals surface area (Å²) in [5.41, 5.74) is 1.44. The van der Waals surface area contributed by atoms with Gasteiger partial charge < -0.3 is 0 Å².